The van der Waals surface area contributed by atoms with E-state index in [0.717, 1.165) is 15.6 Å². The van der Waals surface area contributed by atoms with Crippen molar-refractivity contribution in [3.8, 4) is 17.7 Å². The molecule has 0 unspecified atom stereocenters. The highest BCUT2D eigenvalue weighted by atomic mass is 35.5. The van der Waals surface area contributed by atoms with Gasteiger partial charge in [-0.1, -0.05) is 65.1 Å². The predicted molar refractivity (Wildman–Crippen MR) is 153 cm³/mol. The number of benzene rings is 3. The molecule has 0 saturated carbocycles. The normalized spacial score (nSPS) is 16.1. The summed E-state index contributed by atoms with van der Waals surface area (Å²) in [5.41, 5.74) is 0.841. The summed E-state index contributed by atoms with van der Waals surface area (Å²) in [5.74, 6) is -1.31. The topological polar surface area (TPSA) is 86.1 Å². The fourth-order valence-electron chi connectivity index (χ4n) is 4.40. The molecule has 1 aliphatic heterocycles. The molecule has 1 atom stereocenters. The number of carbonyl (C=O) groups excluding carboxylic acids is 2. The van der Waals surface area contributed by atoms with E-state index < -0.39 is 30.3 Å². The van der Waals surface area contributed by atoms with Crippen LogP contribution in [-0.4, -0.2) is 59.6 Å². The van der Waals surface area contributed by atoms with Crippen LogP contribution < -0.4 is 9.47 Å². The van der Waals surface area contributed by atoms with Gasteiger partial charge >= 0.3 is 0 Å². The number of likely N-dealkylation sites (N-methyl/N-ethyl adjacent to an activating group) is 1. The standard InChI is InChI=1S/C29H26Cl3FN4O4/c1-35-29(39)24(14-19-6-3-2-4-7-19)37(27(38)17-41-26-10-8-20(30)15-23(26)32)12-5-13-40-25-11-9-22(31)28(33)21(25)16-36(35)18-34/h2-4,6-11,15,24H,5,12-14,16-17H2,1H3/t24-/m0/s1. The van der Waals surface area contributed by atoms with Crippen molar-refractivity contribution in [2.45, 2.75) is 25.4 Å². The van der Waals surface area contributed by atoms with Gasteiger partial charge in [0.2, 0.25) is 0 Å². The average molecular weight is 620 g/mol. The van der Waals surface area contributed by atoms with Gasteiger partial charge < -0.3 is 14.4 Å². The highest BCUT2D eigenvalue weighted by Gasteiger charge is 2.35. The van der Waals surface area contributed by atoms with E-state index in [2.05, 4.69) is 0 Å². The van der Waals surface area contributed by atoms with Crippen LogP contribution in [0.4, 0.5) is 4.39 Å². The van der Waals surface area contributed by atoms with E-state index in [1.807, 2.05) is 36.5 Å². The molecule has 12 heteroatoms. The zero-order valence-corrected chi connectivity index (χ0v) is 24.3. The number of hydrazine groups is 1. The van der Waals surface area contributed by atoms with Crippen molar-refractivity contribution in [2.75, 3.05) is 26.8 Å². The number of halogens is 4. The SMILES string of the molecule is CN1C(=O)[C@H](Cc2ccccc2)N(C(=O)COc2ccc(Cl)cc2Cl)CCCOc2ccc(Cl)c(F)c2CN1C#N. The lowest BCUT2D eigenvalue weighted by atomic mass is 10.0. The highest BCUT2D eigenvalue weighted by molar-refractivity contribution is 6.35. The Bertz CT molecular complexity index is 1450. The molecular weight excluding hydrogens is 594 g/mol. The van der Waals surface area contributed by atoms with E-state index >= 15 is 4.39 Å². The van der Waals surface area contributed by atoms with Crippen LogP contribution in [0.25, 0.3) is 0 Å². The van der Waals surface area contributed by atoms with Gasteiger partial charge in [0.1, 0.15) is 17.5 Å². The van der Waals surface area contributed by atoms with Gasteiger partial charge in [0, 0.05) is 25.0 Å². The quantitative estimate of drug-likeness (QED) is 0.339. The Hall–Kier alpha value is -3.71. The van der Waals surface area contributed by atoms with Crippen LogP contribution in [0.3, 0.4) is 0 Å². The molecule has 2 amide bonds. The van der Waals surface area contributed by atoms with E-state index in [0.29, 0.717) is 11.4 Å². The first-order chi connectivity index (χ1) is 19.7. The molecule has 0 aliphatic carbocycles. The lowest BCUT2D eigenvalue weighted by Crippen LogP contribution is -2.55. The number of fused-ring (bicyclic) bond motifs is 1. The van der Waals surface area contributed by atoms with Gasteiger partial charge in [0.15, 0.2) is 18.6 Å². The number of ether oxygens (including phenoxy) is 2. The summed E-state index contributed by atoms with van der Waals surface area (Å²) in [6.07, 6.45) is 2.41. The van der Waals surface area contributed by atoms with Crippen molar-refractivity contribution >= 4 is 46.6 Å². The number of rotatable bonds is 5. The van der Waals surface area contributed by atoms with E-state index in [-0.39, 0.29) is 53.2 Å². The number of nitrogens with zero attached hydrogens (tertiary/aromatic N) is 4. The van der Waals surface area contributed by atoms with Gasteiger partial charge in [-0.25, -0.2) is 14.4 Å². The molecule has 0 spiro atoms. The Kier molecular flexibility index (Phi) is 10.2. The van der Waals surface area contributed by atoms with Crippen LogP contribution in [0.5, 0.6) is 11.5 Å². The van der Waals surface area contributed by atoms with Gasteiger partial charge in [-0.15, -0.1) is 0 Å². The monoisotopic (exact) mass is 618 g/mol. The number of carbonyl (C=O) groups is 2. The van der Waals surface area contributed by atoms with Crippen LogP contribution in [0.15, 0.2) is 60.7 Å². The summed E-state index contributed by atoms with van der Waals surface area (Å²) in [4.78, 5) is 29.0. The lowest BCUT2D eigenvalue weighted by Gasteiger charge is -2.36. The van der Waals surface area contributed by atoms with E-state index in [9.17, 15) is 14.9 Å². The van der Waals surface area contributed by atoms with Gasteiger partial charge in [-0.3, -0.25) is 9.59 Å². The molecule has 8 nitrogen and oxygen atoms in total. The fourth-order valence-corrected chi connectivity index (χ4v) is 5.04. The number of hydrogen-bond acceptors (Lipinski definition) is 6. The Balaban J connectivity index is 1.68. The third kappa shape index (κ3) is 7.33. The lowest BCUT2D eigenvalue weighted by molar-refractivity contribution is -0.154. The minimum Gasteiger partial charge on any atom is -0.493 e. The minimum atomic E-state index is -1.02. The molecule has 1 aliphatic rings. The van der Waals surface area contributed by atoms with Crippen LogP contribution in [0.2, 0.25) is 15.1 Å². The van der Waals surface area contributed by atoms with Gasteiger partial charge in [0.25, 0.3) is 11.8 Å². The molecule has 0 N–H and O–H groups in total. The zero-order valence-electron chi connectivity index (χ0n) is 22.0. The van der Waals surface area contributed by atoms with Crippen molar-refractivity contribution in [3.63, 3.8) is 0 Å². The second kappa shape index (κ2) is 13.8. The first-order valence-corrected chi connectivity index (χ1v) is 13.8. The molecule has 214 valence electrons. The van der Waals surface area contributed by atoms with Gasteiger partial charge in [0.05, 0.1) is 28.8 Å². The molecule has 1 heterocycles. The molecular formula is C29H26Cl3FN4O4. The summed E-state index contributed by atoms with van der Waals surface area (Å²) >= 11 is 18.2. The van der Waals surface area contributed by atoms with Gasteiger partial charge in [-0.05, 0) is 42.3 Å². The Morgan fingerprint density at radius 1 is 1.12 bits per heavy atom. The van der Waals surface area contributed by atoms with Gasteiger partial charge in [-0.2, -0.15) is 5.26 Å². The Labute approximate surface area is 252 Å². The summed E-state index contributed by atoms with van der Waals surface area (Å²) in [5, 5.41) is 12.5. The van der Waals surface area contributed by atoms with Crippen molar-refractivity contribution < 1.29 is 23.5 Å². The second-order valence-electron chi connectivity index (χ2n) is 9.22. The van der Waals surface area contributed by atoms with Crippen LogP contribution >= 0.6 is 34.8 Å². The molecule has 3 aromatic carbocycles. The second-order valence-corrected chi connectivity index (χ2v) is 10.5. The smallest absolute Gasteiger partial charge is 0.264 e. The molecule has 0 bridgehead atoms. The molecule has 41 heavy (non-hydrogen) atoms. The Morgan fingerprint density at radius 3 is 2.59 bits per heavy atom. The third-order valence-corrected chi connectivity index (χ3v) is 7.38. The zero-order chi connectivity index (χ0) is 29.5. The number of amides is 2. The summed E-state index contributed by atoms with van der Waals surface area (Å²) in [7, 11) is 1.39. The van der Waals surface area contributed by atoms with Crippen molar-refractivity contribution in [1.82, 2.24) is 14.9 Å². The molecule has 4 rings (SSSR count). The summed E-state index contributed by atoms with van der Waals surface area (Å²) in [6, 6.07) is 15.7. The van der Waals surface area contributed by atoms with Crippen LogP contribution in [0, 0.1) is 17.3 Å². The minimum absolute atomic E-state index is 0.0417. The predicted octanol–water partition coefficient (Wildman–Crippen LogP) is 5.74. The molecule has 0 radical (unpaired) electrons. The highest BCUT2D eigenvalue weighted by Crippen LogP contribution is 2.30. The van der Waals surface area contributed by atoms with Crippen molar-refractivity contribution in [2.24, 2.45) is 0 Å². The third-order valence-electron chi connectivity index (χ3n) is 6.56. The summed E-state index contributed by atoms with van der Waals surface area (Å²) in [6.45, 7) is -0.494. The number of hydrogen-bond donors (Lipinski definition) is 0. The van der Waals surface area contributed by atoms with Crippen molar-refractivity contribution in [1.29, 1.82) is 5.26 Å². The first kappa shape index (κ1) is 30.3. The fraction of sp³-hybridized carbons (Fsp3) is 0.276. The maximum atomic E-state index is 15.0. The van der Waals surface area contributed by atoms with Crippen LogP contribution in [0.1, 0.15) is 17.5 Å². The molecule has 0 aromatic heterocycles. The molecule has 0 fully saturated rings. The maximum absolute atomic E-state index is 15.0. The largest absolute Gasteiger partial charge is 0.493 e. The van der Waals surface area contributed by atoms with Crippen LogP contribution in [-0.2, 0) is 22.6 Å². The van der Waals surface area contributed by atoms with E-state index in [1.165, 1.54) is 30.1 Å². The maximum Gasteiger partial charge on any atom is 0.264 e. The first-order valence-electron chi connectivity index (χ1n) is 12.6. The van der Waals surface area contributed by atoms with E-state index in [4.69, 9.17) is 44.3 Å². The Morgan fingerprint density at radius 2 is 1.88 bits per heavy atom. The van der Waals surface area contributed by atoms with E-state index in [1.54, 1.807) is 12.1 Å². The summed E-state index contributed by atoms with van der Waals surface area (Å²) < 4.78 is 26.6. The molecule has 3 aromatic rings. The molecule has 0 saturated heterocycles. The van der Waals surface area contributed by atoms with Crippen molar-refractivity contribution in [3.05, 3.63) is 92.7 Å². The average Bonchev–Trinajstić information content (AvgIpc) is 2.96. The number of nitriles is 1.